The molecule has 0 saturated heterocycles. The molecule has 8 rings (SSSR count). The first-order valence-electron chi connectivity index (χ1n) is 13.4. The Hall–Kier alpha value is -3.94. The molecule has 2 nitrogen and oxygen atoms in total. The predicted molar refractivity (Wildman–Crippen MR) is 155 cm³/mol. The van der Waals surface area contributed by atoms with Crippen molar-refractivity contribution in [2.24, 2.45) is 0 Å². The minimum atomic E-state index is -1.30. The summed E-state index contributed by atoms with van der Waals surface area (Å²) < 4.78 is 3.15. The Morgan fingerprint density at radius 3 is 1.49 bits per heavy atom. The van der Waals surface area contributed by atoms with E-state index in [1.165, 1.54) is 44.5 Å². The Bertz CT molecular complexity index is 1690. The SMILES string of the molecule is C1=CC2=[C]([Zr][C]3=C4C=CC=CC4c4cccc(-c5ccccn5)c43)c3c(-c4ccccn4)cccc3C2C=C1. The van der Waals surface area contributed by atoms with Crippen LogP contribution < -0.4 is 0 Å². The summed E-state index contributed by atoms with van der Waals surface area (Å²) in [6.45, 7) is 0. The van der Waals surface area contributed by atoms with Gasteiger partial charge < -0.3 is 0 Å². The van der Waals surface area contributed by atoms with Crippen molar-refractivity contribution in [1.82, 2.24) is 9.97 Å². The number of hydrogen-bond acceptors (Lipinski definition) is 2. The molecule has 2 aromatic carbocycles. The third kappa shape index (κ3) is 3.64. The normalized spacial score (nSPS) is 19.7. The minimum absolute atomic E-state index is 0.319. The van der Waals surface area contributed by atoms with Gasteiger partial charge in [0.1, 0.15) is 0 Å². The summed E-state index contributed by atoms with van der Waals surface area (Å²) >= 11 is -1.30. The van der Waals surface area contributed by atoms with Crippen LogP contribution in [0.25, 0.3) is 29.1 Å². The molecule has 0 fully saturated rings. The molecule has 39 heavy (non-hydrogen) atoms. The third-order valence-electron chi connectivity index (χ3n) is 8.12. The van der Waals surface area contributed by atoms with Gasteiger partial charge in [-0.15, -0.1) is 0 Å². The zero-order valence-electron chi connectivity index (χ0n) is 21.3. The van der Waals surface area contributed by atoms with Crippen molar-refractivity contribution in [3.05, 3.63) is 167 Å². The molecule has 2 heterocycles. The molecule has 2 aromatic heterocycles. The van der Waals surface area contributed by atoms with Crippen molar-refractivity contribution in [1.29, 1.82) is 0 Å². The molecule has 0 spiro atoms. The van der Waals surface area contributed by atoms with Gasteiger partial charge in [0.05, 0.1) is 0 Å². The van der Waals surface area contributed by atoms with Crippen molar-refractivity contribution < 1.29 is 23.2 Å². The first-order chi connectivity index (χ1) is 19.4. The second kappa shape index (κ2) is 9.36. The van der Waals surface area contributed by atoms with Crippen LogP contribution in [0.2, 0.25) is 0 Å². The maximum absolute atomic E-state index is 4.79. The standard InChI is InChI=1S/2C18H12N.Zr/c2*1-2-7-14-13(6-1)12-17-15(14)8-5-9-16(17)18-10-3-4-11-19-18;/h2*1-11,14H;. The fraction of sp³-hybridized carbons (Fsp3) is 0.0556. The van der Waals surface area contributed by atoms with Crippen LogP contribution in [0.1, 0.15) is 34.1 Å². The number of aromatic nitrogens is 2. The zero-order valence-corrected chi connectivity index (χ0v) is 23.7. The first-order valence-corrected chi connectivity index (χ1v) is 15.9. The molecule has 2 atom stereocenters. The summed E-state index contributed by atoms with van der Waals surface area (Å²) in [7, 11) is 0. The summed E-state index contributed by atoms with van der Waals surface area (Å²) in [5.74, 6) is 0.638. The van der Waals surface area contributed by atoms with Crippen molar-refractivity contribution in [3.8, 4) is 22.5 Å². The quantitative estimate of drug-likeness (QED) is 0.244. The van der Waals surface area contributed by atoms with E-state index in [1.54, 1.807) is 6.56 Å². The fourth-order valence-electron chi connectivity index (χ4n) is 6.47. The average Bonchev–Trinajstić information content (AvgIpc) is 3.51. The molecule has 0 aliphatic heterocycles. The second-order valence-corrected chi connectivity index (χ2v) is 13.3. The van der Waals surface area contributed by atoms with E-state index in [9.17, 15) is 0 Å². The van der Waals surface area contributed by atoms with Gasteiger partial charge in [0.2, 0.25) is 0 Å². The summed E-state index contributed by atoms with van der Waals surface area (Å²) in [6.07, 6.45) is 22.1. The van der Waals surface area contributed by atoms with Gasteiger partial charge in [0, 0.05) is 0 Å². The van der Waals surface area contributed by atoms with Gasteiger partial charge in [-0.2, -0.15) is 0 Å². The molecule has 0 amide bonds. The molecule has 182 valence electrons. The molecule has 3 heteroatoms. The monoisotopic (exact) mass is 574 g/mol. The predicted octanol–water partition coefficient (Wildman–Crippen LogP) is 8.46. The van der Waals surface area contributed by atoms with Gasteiger partial charge in [0.15, 0.2) is 0 Å². The topological polar surface area (TPSA) is 25.8 Å². The molecular weight excluding hydrogens is 552 g/mol. The molecule has 4 aromatic rings. The Morgan fingerprint density at radius 2 is 1.03 bits per heavy atom. The molecule has 0 N–H and O–H groups in total. The number of nitrogens with zero attached hydrogens (tertiary/aromatic N) is 2. The Morgan fingerprint density at radius 1 is 0.513 bits per heavy atom. The van der Waals surface area contributed by atoms with Gasteiger partial charge in [-0.05, 0) is 0 Å². The van der Waals surface area contributed by atoms with Gasteiger partial charge in [-0.1, -0.05) is 0 Å². The van der Waals surface area contributed by atoms with E-state index in [0.29, 0.717) is 11.8 Å². The van der Waals surface area contributed by atoms with Crippen LogP contribution in [0.5, 0.6) is 0 Å². The first kappa shape index (κ1) is 23.0. The number of hydrogen-bond donors (Lipinski definition) is 0. The van der Waals surface area contributed by atoms with Gasteiger partial charge in [0.25, 0.3) is 0 Å². The summed E-state index contributed by atoms with van der Waals surface area (Å²) in [6, 6.07) is 26.1. The van der Waals surface area contributed by atoms with Crippen LogP contribution in [-0.2, 0) is 23.2 Å². The van der Waals surface area contributed by atoms with E-state index < -0.39 is 23.2 Å². The molecule has 0 saturated carbocycles. The number of pyridine rings is 2. The van der Waals surface area contributed by atoms with Crippen molar-refractivity contribution in [2.75, 3.05) is 0 Å². The zero-order chi connectivity index (χ0) is 25.8. The summed E-state index contributed by atoms with van der Waals surface area (Å²) in [4.78, 5) is 9.57. The van der Waals surface area contributed by atoms with E-state index in [-0.39, 0.29) is 0 Å². The van der Waals surface area contributed by atoms with Gasteiger partial charge in [-0.3, -0.25) is 0 Å². The van der Waals surface area contributed by atoms with E-state index >= 15 is 0 Å². The molecule has 0 radical (unpaired) electrons. The number of benzene rings is 2. The van der Waals surface area contributed by atoms with Crippen LogP contribution in [0.15, 0.2) is 145 Å². The average molecular weight is 576 g/mol. The van der Waals surface area contributed by atoms with Crippen molar-refractivity contribution in [2.45, 2.75) is 11.8 Å². The van der Waals surface area contributed by atoms with Crippen LogP contribution in [0.3, 0.4) is 0 Å². The van der Waals surface area contributed by atoms with Gasteiger partial charge >= 0.3 is 241 Å². The maximum atomic E-state index is 4.79. The third-order valence-corrected chi connectivity index (χ3v) is 12.0. The molecule has 4 aliphatic carbocycles. The van der Waals surface area contributed by atoms with Crippen molar-refractivity contribution in [3.63, 3.8) is 0 Å². The summed E-state index contributed by atoms with van der Waals surface area (Å²) in [5.41, 5.74) is 13.2. The Balaban J connectivity index is 1.36. The van der Waals surface area contributed by atoms with Gasteiger partial charge in [-0.25, -0.2) is 0 Å². The van der Waals surface area contributed by atoms with Crippen molar-refractivity contribution >= 4 is 6.56 Å². The Kier molecular flexibility index (Phi) is 5.52. The van der Waals surface area contributed by atoms with Crippen LogP contribution >= 0.6 is 0 Å². The van der Waals surface area contributed by atoms with E-state index in [0.717, 1.165) is 11.4 Å². The van der Waals surface area contributed by atoms with E-state index in [1.807, 2.05) is 24.5 Å². The van der Waals surface area contributed by atoms with Crippen LogP contribution in [0.4, 0.5) is 0 Å². The molecular formula is C36H24N2Zr. The molecule has 2 unspecified atom stereocenters. The number of fused-ring (bicyclic) bond motifs is 6. The van der Waals surface area contributed by atoms with Crippen LogP contribution in [-0.4, -0.2) is 9.97 Å². The fourth-order valence-corrected chi connectivity index (χ4v) is 11.0. The number of rotatable bonds is 4. The molecule has 4 aliphatic rings. The Labute approximate surface area is 240 Å². The second-order valence-electron chi connectivity index (χ2n) is 10.2. The van der Waals surface area contributed by atoms with E-state index in [2.05, 4.69) is 109 Å². The molecule has 0 bridgehead atoms. The van der Waals surface area contributed by atoms with Crippen LogP contribution in [0, 0.1) is 0 Å². The summed E-state index contributed by atoms with van der Waals surface area (Å²) in [5, 5.41) is 0. The van der Waals surface area contributed by atoms with E-state index in [4.69, 9.17) is 9.97 Å². The number of allylic oxidation sites excluding steroid dienone is 10.